The number of hydrogen-bond acceptors (Lipinski definition) is 4. The fraction of sp³-hybridized carbons (Fsp3) is 0.412. The highest BCUT2D eigenvalue weighted by Gasteiger charge is 2.13. The second-order valence-electron chi connectivity index (χ2n) is 5.82. The fourth-order valence-electron chi connectivity index (χ4n) is 2.84. The number of carbonyl (C=O) groups excluding carboxylic acids is 1. The molecule has 0 unspecified atom stereocenters. The van der Waals surface area contributed by atoms with Gasteiger partial charge in [-0.15, -0.1) is 0 Å². The molecule has 2 heterocycles. The van der Waals surface area contributed by atoms with Crippen molar-refractivity contribution in [1.29, 1.82) is 0 Å². The van der Waals surface area contributed by atoms with Crippen molar-refractivity contribution in [3.63, 3.8) is 0 Å². The van der Waals surface area contributed by atoms with Crippen LogP contribution in [0.2, 0.25) is 0 Å². The number of amides is 1. The Labute approximate surface area is 134 Å². The Bertz CT molecular complexity index is 724. The van der Waals surface area contributed by atoms with Crippen molar-refractivity contribution in [3.05, 3.63) is 40.9 Å². The summed E-state index contributed by atoms with van der Waals surface area (Å²) in [5.41, 5.74) is 2.11. The summed E-state index contributed by atoms with van der Waals surface area (Å²) in [5.74, 6) is -0.172. The number of nitrogens with zero attached hydrogens (tertiary/aromatic N) is 2. The highest BCUT2D eigenvalue weighted by atomic mass is 16.5. The maximum atomic E-state index is 12.0. The second-order valence-corrected chi connectivity index (χ2v) is 5.82. The van der Waals surface area contributed by atoms with E-state index in [2.05, 4.69) is 10.2 Å². The molecule has 1 N–H and O–H groups in total. The minimum Gasteiger partial charge on any atom is -0.372 e. The fourth-order valence-corrected chi connectivity index (χ4v) is 2.84. The number of piperidine rings is 1. The molecule has 1 aliphatic rings. The molecule has 0 saturated carbocycles. The van der Waals surface area contributed by atoms with Crippen LogP contribution in [0.4, 0.5) is 5.69 Å². The van der Waals surface area contributed by atoms with E-state index in [0.717, 1.165) is 18.7 Å². The normalized spacial score (nSPS) is 14.7. The minimum absolute atomic E-state index is 0.149. The van der Waals surface area contributed by atoms with E-state index >= 15 is 0 Å². The summed E-state index contributed by atoms with van der Waals surface area (Å²) >= 11 is 0. The number of benzene rings is 1. The first-order chi connectivity index (χ1) is 11.1. The van der Waals surface area contributed by atoms with Crippen molar-refractivity contribution in [3.8, 4) is 11.1 Å². The van der Waals surface area contributed by atoms with Gasteiger partial charge in [0.25, 0.3) is 0 Å². The topological polar surface area (TPSA) is 67.5 Å². The molecule has 23 heavy (non-hydrogen) atoms. The van der Waals surface area contributed by atoms with Crippen LogP contribution in [-0.4, -0.2) is 23.7 Å². The quantitative estimate of drug-likeness (QED) is 0.939. The number of anilines is 1. The molecule has 1 saturated heterocycles. The lowest BCUT2D eigenvalue weighted by atomic mass is 10.1. The molecule has 1 aromatic heterocycles. The van der Waals surface area contributed by atoms with Crippen LogP contribution < -0.4 is 15.8 Å². The third-order valence-electron chi connectivity index (χ3n) is 4.08. The summed E-state index contributed by atoms with van der Waals surface area (Å²) in [6.07, 6.45) is 5.39. The van der Waals surface area contributed by atoms with Crippen LogP contribution in [0.3, 0.4) is 0 Å². The van der Waals surface area contributed by atoms with Crippen molar-refractivity contribution >= 4 is 11.6 Å². The molecular formula is C17H21N3O3. The van der Waals surface area contributed by atoms with Gasteiger partial charge in [0.2, 0.25) is 5.91 Å². The molecule has 1 fully saturated rings. The molecule has 0 spiro atoms. The SMILES string of the molecule is CC(=O)NCn1cc(-c2ccc(N3CCCCC3)cc2)c(=O)o1. The lowest BCUT2D eigenvalue weighted by Crippen LogP contribution is -2.29. The average molecular weight is 315 g/mol. The summed E-state index contributed by atoms with van der Waals surface area (Å²) in [6, 6.07) is 7.98. The van der Waals surface area contributed by atoms with Gasteiger partial charge in [0.15, 0.2) is 0 Å². The Kier molecular flexibility index (Phi) is 4.50. The standard InChI is InChI=1S/C17H21N3O3/c1-13(21)18-12-20-11-16(17(22)23-20)14-5-7-15(8-6-14)19-9-3-2-4-10-19/h5-8,11H,2-4,9-10,12H2,1H3,(H,18,21). The molecule has 0 atom stereocenters. The summed E-state index contributed by atoms with van der Waals surface area (Å²) in [7, 11) is 0. The van der Waals surface area contributed by atoms with Crippen molar-refractivity contribution < 1.29 is 9.32 Å². The lowest BCUT2D eigenvalue weighted by molar-refractivity contribution is -0.119. The maximum Gasteiger partial charge on any atom is 0.365 e. The van der Waals surface area contributed by atoms with Crippen LogP contribution in [-0.2, 0) is 11.5 Å². The third-order valence-corrected chi connectivity index (χ3v) is 4.08. The van der Waals surface area contributed by atoms with Gasteiger partial charge in [-0.25, -0.2) is 4.79 Å². The first kappa shape index (κ1) is 15.4. The highest BCUT2D eigenvalue weighted by Crippen LogP contribution is 2.23. The molecule has 0 bridgehead atoms. The molecule has 3 rings (SSSR count). The van der Waals surface area contributed by atoms with Gasteiger partial charge in [-0.1, -0.05) is 12.1 Å². The van der Waals surface area contributed by atoms with Gasteiger partial charge in [0.05, 0.1) is 11.8 Å². The highest BCUT2D eigenvalue weighted by molar-refractivity contribution is 5.72. The van der Waals surface area contributed by atoms with Gasteiger partial charge in [-0.2, -0.15) is 4.74 Å². The van der Waals surface area contributed by atoms with Gasteiger partial charge < -0.3 is 14.7 Å². The van der Waals surface area contributed by atoms with Crippen LogP contribution in [0.25, 0.3) is 11.1 Å². The third kappa shape index (κ3) is 3.64. The van der Waals surface area contributed by atoms with Crippen LogP contribution >= 0.6 is 0 Å². The van der Waals surface area contributed by atoms with E-state index in [9.17, 15) is 9.59 Å². The summed E-state index contributed by atoms with van der Waals surface area (Å²) in [5, 5.41) is 2.59. The Morgan fingerprint density at radius 2 is 1.87 bits per heavy atom. The van der Waals surface area contributed by atoms with E-state index in [1.54, 1.807) is 6.20 Å². The van der Waals surface area contributed by atoms with Crippen LogP contribution in [0.5, 0.6) is 0 Å². The predicted octanol–water partition coefficient (Wildman–Crippen LogP) is 2.19. The van der Waals surface area contributed by atoms with Gasteiger partial charge in [-0.3, -0.25) is 4.79 Å². The van der Waals surface area contributed by atoms with Crippen molar-refractivity contribution in [2.75, 3.05) is 18.0 Å². The summed E-state index contributed by atoms with van der Waals surface area (Å²) in [4.78, 5) is 25.3. The van der Waals surface area contributed by atoms with E-state index in [1.165, 1.54) is 36.6 Å². The zero-order valence-corrected chi connectivity index (χ0v) is 13.2. The van der Waals surface area contributed by atoms with Crippen molar-refractivity contribution in [2.45, 2.75) is 32.9 Å². The van der Waals surface area contributed by atoms with E-state index in [0.29, 0.717) is 5.56 Å². The number of rotatable bonds is 4. The van der Waals surface area contributed by atoms with E-state index < -0.39 is 5.63 Å². The number of nitrogens with one attached hydrogen (secondary N) is 1. The zero-order valence-electron chi connectivity index (χ0n) is 13.2. The maximum absolute atomic E-state index is 12.0. The molecule has 122 valence electrons. The van der Waals surface area contributed by atoms with Gasteiger partial charge in [0.1, 0.15) is 6.67 Å². The first-order valence-electron chi connectivity index (χ1n) is 7.94. The molecule has 1 aliphatic heterocycles. The zero-order chi connectivity index (χ0) is 16.2. The molecule has 1 amide bonds. The van der Waals surface area contributed by atoms with E-state index in [-0.39, 0.29) is 12.6 Å². The van der Waals surface area contributed by atoms with Crippen LogP contribution in [0.1, 0.15) is 26.2 Å². The number of carbonyl (C=O) groups is 1. The lowest BCUT2D eigenvalue weighted by Gasteiger charge is -2.28. The Morgan fingerprint density at radius 3 is 2.52 bits per heavy atom. The molecular weight excluding hydrogens is 294 g/mol. The molecule has 0 aliphatic carbocycles. The van der Waals surface area contributed by atoms with Gasteiger partial charge in [0, 0.05) is 25.7 Å². The Hall–Kier alpha value is -2.50. The van der Waals surface area contributed by atoms with Gasteiger partial charge in [-0.05, 0) is 37.0 Å². The van der Waals surface area contributed by atoms with Crippen LogP contribution in [0, 0.1) is 0 Å². The summed E-state index contributed by atoms with van der Waals surface area (Å²) < 4.78 is 6.43. The number of aromatic nitrogens is 1. The van der Waals surface area contributed by atoms with Gasteiger partial charge >= 0.3 is 5.63 Å². The largest absolute Gasteiger partial charge is 0.372 e. The van der Waals surface area contributed by atoms with Crippen LogP contribution in [0.15, 0.2) is 39.8 Å². The minimum atomic E-state index is -0.402. The second kappa shape index (κ2) is 6.73. The monoisotopic (exact) mass is 315 g/mol. The molecule has 1 aromatic carbocycles. The van der Waals surface area contributed by atoms with E-state index in [1.807, 2.05) is 24.3 Å². The summed E-state index contributed by atoms with van der Waals surface area (Å²) in [6.45, 7) is 3.75. The average Bonchev–Trinajstić information content (AvgIpc) is 2.95. The van der Waals surface area contributed by atoms with Crippen molar-refractivity contribution in [2.24, 2.45) is 0 Å². The molecule has 0 radical (unpaired) electrons. The smallest absolute Gasteiger partial charge is 0.365 e. The number of hydrogen-bond donors (Lipinski definition) is 1. The predicted molar refractivity (Wildman–Crippen MR) is 88.3 cm³/mol. The first-order valence-corrected chi connectivity index (χ1v) is 7.94. The Morgan fingerprint density at radius 1 is 1.17 bits per heavy atom. The van der Waals surface area contributed by atoms with E-state index in [4.69, 9.17) is 4.52 Å². The van der Waals surface area contributed by atoms with Crippen molar-refractivity contribution in [1.82, 2.24) is 10.1 Å². The Balaban J connectivity index is 1.76. The molecule has 6 heteroatoms. The molecule has 6 nitrogen and oxygen atoms in total. The molecule has 2 aromatic rings.